The maximum absolute atomic E-state index is 15.5. The Morgan fingerprint density at radius 2 is 2.10 bits per heavy atom. The van der Waals surface area contributed by atoms with Gasteiger partial charge in [0, 0.05) is 17.4 Å². The minimum atomic E-state index is -2.13. The molecule has 1 saturated heterocycles. The molecule has 2 aromatic rings. The van der Waals surface area contributed by atoms with E-state index in [4.69, 9.17) is 33.4 Å². The van der Waals surface area contributed by atoms with Crippen LogP contribution >= 0.6 is 24.0 Å². The van der Waals surface area contributed by atoms with E-state index < -0.39 is 29.5 Å². The Labute approximate surface area is 186 Å². The molecule has 0 unspecified atom stereocenters. The summed E-state index contributed by atoms with van der Waals surface area (Å²) in [7, 11) is 0. The number of ether oxygens (including phenoxy) is 2. The maximum Gasteiger partial charge on any atom is 0.283 e. The number of amidine groups is 1. The monoisotopic (exact) mass is 469 g/mol. The molecule has 8 nitrogen and oxygen atoms in total. The molecule has 0 bridgehead atoms. The van der Waals surface area contributed by atoms with Crippen LogP contribution in [0.25, 0.3) is 4.85 Å². The van der Waals surface area contributed by atoms with Crippen LogP contribution in [0.1, 0.15) is 16.1 Å². The fourth-order valence-electron chi connectivity index (χ4n) is 3.46. The van der Waals surface area contributed by atoms with E-state index in [2.05, 4.69) is 20.1 Å². The molecule has 1 aromatic heterocycles. The topological polar surface area (TPSA) is 103 Å². The largest absolute Gasteiger partial charge is 0.462 e. The SMILES string of the molecule is Cl.[C-]#[N+]c1cnc(C(=O)Nc2ccc(F)c([C@]34COC[C@@]3(F)COC(N)=N4)c2)c(Cl)c1. The summed E-state index contributed by atoms with van der Waals surface area (Å²) in [6.07, 6.45) is 1.20. The third kappa shape index (κ3) is 3.76. The molecule has 2 aliphatic heterocycles. The van der Waals surface area contributed by atoms with Crippen molar-refractivity contribution in [1.29, 1.82) is 0 Å². The highest BCUT2D eigenvalue weighted by atomic mass is 35.5. The molecule has 1 fully saturated rings. The Kier molecular flexibility index (Phi) is 6.04. The van der Waals surface area contributed by atoms with Gasteiger partial charge in [-0.05, 0) is 24.3 Å². The van der Waals surface area contributed by atoms with E-state index in [9.17, 15) is 9.18 Å². The lowest BCUT2D eigenvalue weighted by atomic mass is 9.78. The molecule has 4 rings (SSSR count). The van der Waals surface area contributed by atoms with Gasteiger partial charge in [0.05, 0.1) is 24.8 Å². The van der Waals surface area contributed by atoms with Crippen molar-refractivity contribution in [2.45, 2.75) is 11.2 Å². The van der Waals surface area contributed by atoms with Crippen molar-refractivity contribution >= 4 is 47.3 Å². The first kappa shape index (κ1) is 22.7. The number of alkyl halides is 1. The second-order valence-corrected chi connectivity index (χ2v) is 7.25. The Morgan fingerprint density at radius 1 is 1.32 bits per heavy atom. The minimum absolute atomic E-state index is 0. The van der Waals surface area contributed by atoms with Gasteiger partial charge in [-0.15, -0.1) is 12.4 Å². The molecule has 12 heteroatoms. The number of hydrogen-bond donors (Lipinski definition) is 2. The van der Waals surface area contributed by atoms with E-state index >= 15 is 4.39 Å². The standard InChI is InChI=1S/C19H14ClF2N5O3.ClH/c1-24-11-5-13(20)15(25-6-11)16(28)26-10-2-3-14(21)12(4-10)19-9-29-7-18(19,22)8-30-17(23)27-19;/h2-6H,7-9H2,(H2,23,27)(H,26,28);1H/t18-,19-;/m1./s1. The molecule has 0 saturated carbocycles. The number of rotatable bonds is 3. The van der Waals surface area contributed by atoms with Gasteiger partial charge in [-0.1, -0.05) is 11.6 Å². The molecule has 1 aromatic carbocycles. The molecular weight excluding hydrogens is 455 g/mol. The van der Waals surface area contributed by atoms with Gasteiger partial charge in [0.15, 0.2) is 11.2 Å². The first-order valence-corrected chi connectivity index (χ1v) is 9.05. The smallest absolute Gasteiger partial charge is 0.283 e. The van der Waals surface area contributed by atoms with Crippen LogP contribution in [-0.2, 0) is 15.0 Å². The van der Waals surface area contributed by atoms with Crippen molar-refractivity contribution in [3.05, 3.63) is 64.0 Å². The van der Waals surface area contributed by atoms with Crippen molar-refractivity contribution in [1.82, 2.24) is 4.98 Å². The predicted molar refractivity (Wildman–Crippen MR) is 111 cm³/mol. The number of anilines is 1. The number of carbonyl (C=O) groups excluding carboxylic acids is 1. The van der Waals surface area contributed by atoms with Gasteiger partial charge < -0.3 is 20.5 Å². The number of nitrogens with one attached hydrogen (secondary N) is 1. The third-order valence-electron chi connectivity index (χ3n) is 4.97. The van der Waals surface area contributed by atoms with Crippen LogP contribution in [0.15, 0.2) is 35.5 Å². The average Bonchev–Trinajstić information content (AvgIpc) is 3.06. The first-order chi connectivity index (χ1) is 14.3. The second kappa shape index (κ2) is 8.26. The molecule has 2 aliphatic rings. The van der Waals surface area contributed by atoms with Gasteiger partial charge in [0.25, 0.3) is 11.9 Å². The molecule has 0 aliphatic carbocycles. The molecule has 0 radical (unpaired) electrons. The maximum atomic E-state index is 15.5. The van der Waals surface area contributed by atoms with Crippen LogP contribution in [-0.4, -0.2) is 42.4 Å². The van der Waals surface area contributed by atoms with Gasteiger partial charge in [-0.2, -0.15) is 0 Å². The van der Waals surface area contributed by atoms with Crippen molar-refractivity contribution in [2.24, 2.45) is 10.7 Å². The van der Waals surface area contributed by atoms with Gasteiger partial charge in [-0.3, -0.25) is 9.78 Å². The Bertz CT molecular complexity index is 1130. The number of aliphatic imine (C=N–C) groups is 1. The normalized spacial score (nSPS) is 24.1. The fraction of sp³-hybridized carbons (Fsp3) is 0.263. The van der Waals surface area contributed by atoms with Crippen LogP contribution in [0.4, 0.5) is 20.2 Å². The summed E-state index contributed by atoms with van der Waals surface area (Å²) in [5.41, 5.74) is 1.84. The quantitative estimate of drug-likeness (QED) is 0.670. The molecule has 1 amide bonds. The number of fused-ring (bicyclic) bond motifs is 1. The summed E-state index contributed by atoms with van der Waals surface area (Å²) in [6, 6.07) is 4.67. The Morgan fingerprint density at radius 3 is 2.81 bits per heavy atom. The minimum Gasteiger partial charge on any atom is -0.462 e. The lowest BCUT2D eigenvalue weighted by molar-refractivity contribution is 0.00905. The van der Waals surface area contributed by atoms with Gasteiger partial charge in [-0.25, -0.2) is 18.6 Å². The number of hydrogen-bond acceptors (Lipinski definition) is 6. The number of nitrogens with zero attached hydrogens (tertiary/aromatic N) is 3. The lowest BCUT2D eigenvalue weighted by Crippen LogP contribution is -2.55. The van der Waals surface area contributed by atoms with Gasteiger partial charge >= 0.3 is 0 Å². The summed E-state index contributed by atoms with van der Waals surface area (Å²) in [4.78, 5) is 23.7. The predicted octanol–water partition coefficient (Wildman–Crippen LogP) is 3.38. The highest BCUT2D eigenvalue weighted by Crippen LogP contribution is 2.48. The molecule has 31 heavy (non-hydrogen) atoms. The number of halogens is 4. The highest BCUT2D eigenvalue weighted by molar-refractivity contribution is 6.34. The van der Waals surface area contributed by atoms with E-state index in [0.717, 1.165) is 6.07 Å². The zero-order valence-electron chi connectivity index (χ0n) is 15.7. The Balaban J connectivity index is 0.00000272. The van der Waals surface area contributed by atoms with Crippen molar-refractivity contribution in [3.63, 3.8) is 0 Å². The number of nitrogens with two attached hydrogens (primary N) is 1. The number of benzene rings is 1. The highest BCUT2D eigenvalue weighted by Gasteiger charge is 2.62. The summed E-state index contributed by atoms with van der Waals surface area (Å²) >= 11 is 6.02. The second-order valence-electron chi connectivity index (χ2n) is 6.84. The third-order valence-corrected chi connectivity index (χ3v) is 5.26. The summed E-state index contributed by atoms with van der Waals surface area (Å²) in [5, 5.41) is 2.52. The molecule has 162 valence electrons. The van der Waals surface area contributed by atoms with E-state index in [1.54, 1.807) is 0 Å². The van der Waals surface area contributed by atoms with E-state index in [1.807, 2.05) is 0 Å². The number of carbonyl (C=O) groups is 1. The van der Waals surface area contributed by atoms with Crippen LogP contribution in [0.3, 0.4) is 0 Å². The van der Waals surface area contributed by atoms with Crippen LogP contribution in [0, 0.1) is 12.4 Å². The summed E-state index contributed by atoms with van der Waals surface area (Å²) in [5.74, 6) is -1.42. The van der Waals surface area contributed by atoms with E-state index in [1.165, 1.54) is 24.4 Å². The molecule has 2 atom stereocenters. The molecule has 3 N–H and O–H groups in total. The van der Waals surface area contributed by atoms with Crippen molar-refractivity contribution in [3.8, 4) is 0 Å². The first-order valence-electron chi connectivity index (χ1n) is 8.67. The van der Waals surface area contributed by atoms with E-state index in [0.29, 0.717) is 0 Å². The zero-order valence-corrected chi connectivity index (χ0v) is 17.3. The van der Waals surface area contributed by atoms with Crippen molar-refractivity contribution < 1.29 is 23.0 Å². The lowest BCUT2D eigenvalue weighted by Gasteiger charge is -2.38. The number of amides is 1. The van der Waals surface area contributed by atoms with Crippen molar-refractivity contribution in [2.75, 3.05) is 25.1 Å². The van der Waals surface area contributed by atoms with Crippen LogP contribution < -0.4 is 11.1 Å². The van der Waals surface area contributed by atoms with E-state index in [-0.39, 0.29) is 59.3 Å². The summed E-state index contributed by atoms with van der Waals surface area (Å²) < 4.78 is 40.5. The Hall–Kier alpha value is -3.00. The average molecular weight is 470 g/mol. The number of aromatic nitrogens is 1. The molecule has 3 heterocycles. The van der Waals surface area contributed by atoms with Crippen LogP contribution in [0.5, 0.6) is 0 Å². The fourth-order valence-corrected chi connectivity index (χ4v) is 3.70. The zero-order chi connectivity index (χ0) is 21.5. The van der Waals surface area contributed by atoms with Crippen LogP contribution in [0.2, 0.25) is 5.02 Å². The molecular formula is C19H15Cl2F2N5O3. The van der Waals surface area contributed by atoms with Gasteiger partial charge in [0.1, 0.15) is 18.1 Å². The summed E-state index contributed by atoms with van der Waals surface area (Å²) in [6.45, 7) is 5.93. The molecule has 0 spiro atoms. The number of pyridine rings is 1. The van der Waals surface area contributed by atoms with Gasteiger partial charge in [0.2, 0.25) is 5.69 Å².